The van der Waals surface area contributed by atoms with E-state index in [0.717, 1.165) is 32.6 Å². The molecule has 4 nitrogen and oxygen atoms in total. The minimum Gasteiger partial charge on any atom is -0.382 e. The van der Waals surface area contributed by atoms with Gasteiger partial charge in [-0.25, -0.2) is 0 Å². The molecule has 0 radical (unpaired) electrons. The van der Waals surface area contributed by atoms with Gasteiger partial charge in [-0.2, -0.15) is 5.10 Å². The Balaban J connectivity index is 2.40. The van der Waals surface area contributed by atoms with Crippen LogP contribution in [0.1, 0.15) is 38.3 Å². The average Bonchev–Trinajstić information content (AvgIpc) is 2.78. The lowest BCUT2D eigenvalue weighted by Crippen LogP contribution is -2.16. The summed E-state index contributed by atoms with van der Waals surface area (Å²) in [5.74, 6) is 0. The molecule has 1 N–H and O–H groups in total. The summed E-state index contributed by atoms with van der Waals surface area (Å²) in [5.41, 5.74) is 1.26. The number of nitrogens with zero attached hydrogens (tertiary/aromatic N) is 2. The number of hydrogen-bond acceptors (Lipinski definition) is 3. The molecule has 0 aliphatic heterocycles. The van der Waals surface area contributed by atoms with Crippen molar-refractivity contribution in [3.8, 4) is 0 Å². The second-order valence-corrected chi connectivity index (χ2v) is 3.81. The molecule has 0 saturated heterocycles. The van der Waals surface area contributed by atoms with Crippen molar-refractivity contribution in [1.29, 1.82) is 0 Å². The molecule has 1 aromatic heterocycles. The van der Waals surface area contributed by atoms with E-state index >= 15 is 0 Å². The molecule has 1 heterocycles. The summed E-state index contributed by atoms with van der Waals surface area (Å²) in [6.07, 6.45) is 6.23. The lowest BCUT2D eigenvalue weighted by molar-refractivity contribution is 0.141. The van der Waals surface area contributed by atoms with Crippen molar-refractivity contribution in [1.82, 2.24) is 15.1 Å². The Kier molecular flexibility index (Phi) is 6.11. The van der Waals surface area contributed by atoms with E-state index in [1.54, 1.807) is 0 Å². The number of aromatic nitrogens is 2. The van der Waals surface area contributed by atoms with Crippen molar-refractivity contribution in [2.75, 3.05) is 20.3 Å². The van der Waals surface area contributed by atoms with Crippen LogP contribution in [0.2, 0.25) is 0 Å². The van der Waals surface area contributed by atoms with Gasteiger partial charge in [-0.3, -0.25) is 4.68 Å². The molecule has 1 unspecified atom stereocenters. The van der Waals surface area contributed by atoms with E-state index in [1.165, 1.54) is 5.56 Å². The molecule has 1 aromatic rings. The molecule has 0 aliphatic carbocycles. The van der Waals surface area contributed by atoms with Gasteiger partial charge in [0.15, 0.2) is 0 Å². The predicted molar refractivity (Wildman–Crippen MR) is 65.4 cm³/mol. The minimum atomic E-state index is 0.390. The molecule has 0 saturated carbocycles. The summed E-state index contributed by atoms with van der Waals surface area (Å²) in [6, 6.07) is 0.390. The summed E-state index contributed by atoms with van der Waals surface area (Å²) in [5, 5.41) is 7.62. The van der Waals surface area contributed by atoms with Gasteiger partial charge >= 0.3 is 0 Å². The van der Waals surface area contributed by atoms with Crippen LogP contribution < -0.4 is 5.32 Å². The van der Waals surface area contributed by atoms with Gasteiger partial charge in [0.25, 0.3) is 0 Å². The van der Waals surface area contributed by atoms with E-state index in [0.29, 0.717) is 6.04 Å². The van der Waals surface area contributed by atoms with Gasteiger partial charge in [-0.1, -0.05) is 0 Å². The van der Waals surface area contributed by atoms with Crippen LogP contribution in [-0.4, -0.2) is 30.0 Å². The van der Waals surface area contributed by atoms with Crippen LogP contribution in [0.3, 0.4) is 0 Å². The van der Waals surface area contributed by atoms with Gasteiger partial charge in [0, 0.05) is 37.6 Å². The first-order chi connectivity index (χ1) is 7.81. The van der Waals surface area contributed by atoms with Crippen LogP contribution >= 0.6 is 0 Å². The van der Waals surface area contributed by atoms with Gasteiger partial charge in [-0.05, 0) is 33.7 Å². The maximum Gasteiger partial charge on any atom is 0.0537 e. The Bertz CT molecular complexity index is 286. The fourth-order valence-electron chi connectivity index (χ4n) is 1.74. The molecular weight excluding hydrogens is 202 g/mol. The maximum absolute atomic E-state index is 5.34. The lowest BCUT2D eigenvalue weighted by atomic mass is 10.1. The van der Waals surface area contributed by atoms with Crippen molar-refractivity contribution in [3.05, 3.63) is 18.0 Å². The summed E-state index contributed by atoms with van der Waals surface area (Å²) < 4.78 is 7.30. The highest BCUT2D eigenvalue weighted by molar-refractivity contribution is 5.10. The molecule has 4 heteroatoms. The number of ether oxygens (including phenoxy) is 1. The van der Waals surface area contributed by atoms with E-state index < -0.39 is 0 Å². The molecule has 0 bridgehead atoms. The van der Waals surface area contributed by atoms with E-state index in [2.05, 4.69) is 23.5 Å². The van der Waals surface area contributed by atoms with E-state index in [1.807, 2.05) is 24.9 Å². The van der Waals surface area contributed by atoms with Crippen molar-refractivity contribution < 1.29 is 4.74 Å². The molecule has 0 amide bonds. The van der Waals surface area contributed by atoms with Crippen molar-refractivity contribution in [3.63, 3.8) is 0 Å². The van der Waals surface area contributed by atoms with E-state index in [-0.39, 0.29) is 0 Å². The fourth-order valence-corrected chi connectivity index (χ4v) is 1.74. The first-order valence-electron chi connectivity index (χ1n) is 6.09. The predicted octanol–water partition coefficient (Wildman–Crippen LogP) is 1.98. The Morgan fingerprint density at radius 1 is 1.50 bits per heavy atom. The van der Waals surface area contributed by atoms with Gasteiger partial charge in [0.2, 0.25) is 0 Å². The van der Waals surface area contributed by atoms with Gasteiger partial charge in [0.05, 0.1) is 6.20 Å². The topological polar surface area (TPSA) is 39.1 Å². The molecule has 0 aliphatic rings. The first-order valence-corrected chi connectivity index (χ1v) is 6.09. The van der Waals surface area contributed by atoms with Gasteiger partial charge < -0.3 is 10.1 Å². The third-order valence-electron chi connectivity index (χ3n) is 2.71. The Morgan fingerprint density at radius 3 is 2.88 bits per heavy atom. The summed E-state index contributed by atoms with van der Waals surface area (Å²) >= 11 is 0. The van der Waals surface area contributed by atoms with Crippen molar-refractivity contribution in [2.45, 2.75) is 39.3 Å². The zero-order valence-corrected chi connectivity index (χ0v) is 10.6. The first kappa shape index (κ1) is 13.2. The number of rotatable bonds is 8. The van der Waals surface area contributed by atoms with Crippen LogP contribution in [0, 0.1) is 0 Å². The summed E-state index contributed by atoms with van der Waals surface area (Å²) in [7, 11) is 1.99. The molecule has 16 heavy (non-hydrogen) atoms. The zero-order valence-electron chi connectivity index (χ0n) is 10.6. The summed E-state index contributed by atoms with van der Waals surface area (Å²) in [6.45, 7) is 6.70. The standard InChI is InChI=1S/C12H23N3O/c1-4-15-10-11(9-14-15)12(13-3)7-6-8-16-5-2/h9-10,12-13H,4-8H2,1-3H3. The zero-order chi connectivity index (χ0) is 11.8. The molecular formula is C12H23N3O. The fraction of sp³-hybridized carbons (Fsp3) is 0.750. The summed E-state index contributed by atoms with van der Waals surface area (Å²) in [4.78, 5) is 0. The second kappa shape index (κ2) is 7.41. The van der Waals surface area contributed by atoms with E-state index in [9.17, 15) is 0 Å². The number of hydrogen-bond donors (Lipinski definition) is 1. The average molecular weight is 225 g/mol. The Labute approximate surface area is 98.0 Å². The molecule has 1 rings (SSSR count). The van der Waals surface area contributed by atoms with Gasteiger partial charge in [-0.15, -0.1) is 0 Å². The highest BCUT2D eigenvalue weighted by atomic mass is 16.5. The minimum absolute atomic E-state index is 0.390. The SMILES string of the molecule is CCOCCCC(NC)c1cnn(CC)c1. The lowest BCUT2D eigenvalue weighted by Gasteiger charge is -2.13. The largest absolute Gasteiger partial charge is 0.382 e. The third kappa shape index (κ3) is 3.94. The molecule has 0 fully saturated rings. The normalized spacial score (nSPS) is 12.9. The Hall–Kier alpha value is -0.870. The van der Waals surface area contributed by atoms with Crippen molar-refractivity contribution in [2.24, 2.45) is 0 Å². The van der Waals surface area contributed by atoms with Crippen LogP contribution in [0.15, 0.2) is 12.4 Å². The van der Waals surface area contributed by atoms with Crippen LogP contribution in [-0.2, 0) is 11.3 Å². The van der Waals surface area contributed by atoms with E-state index in [4.69, 9.17) is 4.74 Å². The highest BCUT2D eigenvalue weighted by Gasteiger charge is 2.10. The third-order valence-corrected chi connectivity index (χ3v) is 2.71. The molecule has 92 valence electrons. The highest BCUT2D eigenvalue weighted by Crippen LogP contribution is 2.17. The Morgan fingerprint density at radius 2 is 2.31 bits per heavy atom. The van der Waals surface area contributed by atoms with Crippen LogP contribution in [0.5, 0.6) is 0 Å². The second-order valence-electron chi connectivity index (χ2n) is 3.81. The molecule has 0 aromatic carbocycles. The number of aryl methyl sites for hydroxylation is 1. The van der Waals surface area contributed by atoms with Crippen LogP contribution in [0.4, 0.5) is 0 Å². The smallest absolute Gasteiger partial charge is 0.0537 e. The van der Waals surface area contributed by atoms with Crippen LogP contribution in [0.25, 0.3) is 0 Å². The van der Waals surface area contributed by atoms with Crippen molar-refractivity contribution >= 4 is 0 Å². The molecule has 1 atom stereocenters. The molecule has 0 spiro atoms. The monoisotopic (exact) mass is 225 g/mol. The quantitative estimate of drug-likeness (QED) is 0.688. The van der Waals surface area contributed by atoms with Gasteiger partial charge in [0.1, 0.15) is 0 Å². The number of nitrogens with one attached hydrogen (secondary N) is 1. The maximum atomic E-state index is 5.34.